The molecule has 0 fully saturated rings. The van der Waals surface area contributed by atoms with E-state index in [0.29, 0.717) is 33.9 Å². The number of hydrogen-bond donors (Lipinski definition) is 1. The van der Waals surface area contributed by atoms with Crippen LogP contribution in [0.1, 0.15) is 11.1 Å². The van der Waals surface area contributed by atoms with E-state index in [1.54, 1.807) is 30.3 Å². The SMILES string of the molecule is COc1cc2c(cc1OC)/C(=C\c1cccc([N+](=O)[O-])c1)C(=O)N2. The Morgan fingerprint density at radius 1 is 1.12 bits per heavy atom. The van der Waals surface area contributed by atoms with Crippen molar-refractivity contribution in [3.8, 4) is 11.5 Å². The third-order valence-electron chi connectivity index (χ3n) is 3.70. The van der Waals surface area contributed by atoms with Crippen LogP contribution in [0.2, 0.25) is 0 Å². The molecule has 0 saturated carbocycles. The van der Waals surface area contributed by atoms with E-state index in [1.807, 2.05) is 0 Å². The van der Waals surface area contributed by atoms with Crippen molar-refractivity contribution in [1.29, 1.82) is 0 Å². The summed E-state index contributed by atoms with van der Waals surface area (Å²) in [5.74, 6) is 0.720. The van der Waals surface area contributed by atoms with Crippen LogP contribution < -0.4 is 14.8 Å². The van der Waals surface area contributed by atoms with Crippen molar-refractivity contribution in [2.24, 2.45) is 0 Å². The second-order valence-electron chi connectivity index (χ2n) is 5.12. The monoisotopic (exact) mass is 326 g/mol. The summed E-state index contributed by atoms with van der Waals surface area (Å²) in [6.07, 6.45) is 1.61. The number of carbonyl (C=O) groups excluding carboxylic acids is 1. The number of non-ortho nitro benzene ring substituents is 1. The highest BCUT2D eigenvalue weighted by atomic mass is 16.6. The Labute approximate surface area is 137 Å². The predicted molar refractivity (Wildman–Crippen MR) is 89.1 cm³/mol. The number of nitro benzene ring substituents is 1. The van der Waals surface area contributed by atoms with Crippen molar-refractivity contribution in [3.05, 3.63) is 57.6 Å². The molecule has 7 heteroatoms. The van der Waals surface area contributed by atoms with Gasteiger partial charge in [0.2, 0.25) is 0 Å². The Morgan fingerprint density at radius 2 is 1.83 bits per heavy atom. The Morgan fingerprint density at radius 3 is 2.50 bits per heavy atom. The Balaban J connectivity index is 2.09. The van der Waals surface area contributed by atoms with E-state index in [0.717, 1.165) is 0 Å². The second-order valence-corrected chi connectivity index (χ2v) is 5.12. The summed E-state index contributed by atoms with van der Waals surface area (Å²) in [4.78, 5) is 22.7. The van der Waals surface area contributed by atoms with E-state index in [1.165, 1.54) is 26.4 Å². The molecule has 0 aliphatic carbocycles. The maximum Gasteiger partial charge on any atom is 0.270 e. The van der Waals surface area contributed by atoms with Gasteiger partial charge in [0.05, 0.1) is 24.8 Å². The van der Waals surface area contributed by atoms with Gasteiger partial charge in [-0.2, -0.15) is 0 Å². The van der Waals surface area contributed by atoms with Gasteiger partial charge < -0.3 is 14.8 Å². The number of anilines is 1. The Hall–Kier alpha value is -3.35. The Bertz CT molecular complexity index is 873. The lowest BCUT2D eigenvalue weighted by Crippen LogP contribution is -2.03. The zero-order valence-electron chi connectivity index (χ0n) is 13.0. The minimum atomic E-state index is -0.474. The third-order valence-corrected chi connectivity index (χ3v) is 3.70. The summed E-state index contributed by atoms with van der Waals surface area (Å²) in [6.45, 7) is 0. The molecule has 2 aromatic carbocycles. The molecule has 2 aromatic rings. The molecule has 1 amide bonds. The number of amides is 1. The summed E-state index contributed by atoms with van der Waals surface area (Å²) < 4.78 is 10.5. The van der Waals surface area contributed by atoms with Gasteiger partial charge in [0.15, 0.2) is 11.5 Å². The number of benzene rings is 2. The summed E-state index contributed by atoms with van der Waals surface area (Å²) in [5, 5.41) is 13.6. The highest BCUT2D eigenvalue weighted by Gasteiger charge is 2.26. The highest BCUT2D eigenvalue weighted by Crippen LogP contribution is 2.41. The van der Waals surface area contributed by atoms with Crippen LogP contribution in [-0.4, -0.2) is 25.1 Å². The van der Waals surface area contributed by atoms with Crippen LogP contribution in [-0.2, 0) is 4.79 Å². The average Bonchev–Trinajstić information content (AvgIpc) is 2.88. The number of rotatable bonds is 4. The topological polar surface area (TPSA) is 90.7 Å². The van der Waals surface area contributed by atoms with Gasteiger partial charge in [-0.05, 0) is 17.7 Å². The molecule has 0 unspecified atom stereocenters. The number of nitro groups is 1. The molecule has 0 aromatic heterocycles. The van der Waals surface area contributed by atoms with Crippen LogP contribution in [0.4, 0.5) is 11.4 Å². The molecule has 7 nitrogen and oxygen atoms in total. The molecule has 0 bridgehead atoms. The Kier molecular flexibility index (Phi) is 3.91. The number of nitrogens with one attached hydrogen (secondary N) is 1. The lowest BCUT2D eigenvalue weighted by Gasteiger charge is -2.09. The molecule has 1 aliphatic rings. The van der Waals surface area contributed by atoms with E-state index in [4.69, 9.17) is 9.47 Å². The first kappa shape index (κ1) is 15.5. The van der Waals surface area contributed by atoms with Crippen LogP contribution in [0.5, 0.6) is 11.5 Å². The highest BCUT2D eigenvalue weighted by molar-refractivity contribution is 6.35. The molecule has 0 atom stereocenters. The molecule has 122 valence electrons. The number of ether oxygens (including phenoxy) is 2. The van der Waals surface area contributed by atoms with Crippen molar-refractivity contribution in [1.82, 2.24) is 0 Å². The quantitative estimate of drug-likeness (QED) is 0.529. The number of methoxy groups -OCH3 is 2. The standard InChI is InChI=1S/C17H14N2O5/c1-23-15-8-12-13(17(20)18-14(12)9-16(15)24-2)7-10-4-3-5-11(6-10)19(21)22/h3-9H,1-2H3,(H,18,20)/b13-7+. The predicted octanol–water partition coefficient (Wildman–Crippen LogP) is 3.10. The summed E-state index contributed by atoms with van der Waals surface area (Å²) >= 11 is 0. The molecular weight excluding hydrogens is 312 g/mol. The van der Waals surface area contributed by atoms with Crippen molar-refractivity contribution in [3.63, 3.8) is 0 Å². The van der Waals surface area contributed by atoms with Crippen molar-refractivity contribution >= 4 is 28.9 Å². The van der Waals surface area contributed by atoms with E-state index < -0.39 is 4.92 Å². The molecule has 24 heavy (non-hydrogen) atoms. The van der Waals surface area contributed by atoms with Gasteiger partial charge in [-0.1, -0.05) is 12.1 Å². The smallest absolute Gasteiger partial charge is 0.270 e. The molecular formula is C17H14N2O5. The van der Waals surface area contributed by atoms with Crippen molar-refractivity contribution in [2.75, 3.05) is 19.5 Å². The lowest BCUT2D eigenvalue weighted by molar-refractivity contribution is -0.384. The average molecular weight is 326 g/mol. The van der Waals surface area contributed by atoms with E-state index in [-0.39, 0.29) is 11.6 Å². The summed E-state index contributed by atoms with van der Waals surface area (Å²) in [7, 11) is 3.03. The summed E-state index contributed by atoms with van der Waals surface area (Å²) in [6, 6.07) is 9.48. The first-order chi connectivity index (χ1) is 11.5. The number of nitrogens with zero attached hydrogens (tertiary/aromatic N) is 1. The van der Waals surface area contributed by atoms with E-state index in [9.17, 15) is 14.9 Å². The number of carbonyl (C=O) groups is 1. The molecule has 3 rings (SSSR count). The van der Waals surface area contributed by atoms with Gasteiger partial charge in [0.1, 0.15) is 0 Å². The molecule has 1 aliphatic heterocycles. The molecule has 0 radical (unpaired) electrons. The first-order valence-corrected chi connectivity index (χ1v) is 7.07. The fraction of sp³-hybridized carbons (Fsp3) is 0.118. The van der Waals surface area contributed by atoms with E-state index >= 15 is 0 Å². The van der Waals surface area contributed by atoms with Crippen molar-refractivity contribution < 1.29 is 19.2 Å². The molecule has 1 heterocycles. The maximum absolute atomic E-state index is 12.3. The van der Waals surface area contributed by atoms with Crippen LogP contribution in [0.3, 0.4) is 0 Å². The van der Waals surface area contributed by atoms with Gasteiger partial charge in [-0.25, -0.2) is 0 Å². The van der Waals surface area contributed by atoms with Gasteiger partial charge in [-0.3, -0.25) is 14.9 Å². The molecule has 1 N–H and O–H groups in total. The minimum absolute atomic E-state index is 0.0321. The second kappa shape index (κ2) is 6.04. The number of hydrogen-bond acceptors (Lipinski definition) is 5. The third kappa shape index (κ3) is 2.67. The molecule has 0 spiro atoms. The van der Waals surface area contributed by atoms with Crippen LogP contribution in [0.25, 0.3) is 11.6 Å². The maximum atomic E-state index is 12.3. The minimum Gasteiger partial charge on any atom is -0.493 e. The van der Waals surface area contributed by atoms with Crippen LogP contribution in [0, 0.1) is 10.1 Å². The normalized spacial score (nSPS) is 14.2. The van der Waals surface area contributed by atoms with Gasteiger partial charge in [0.25, 0.3) is 11.6 Å². The largest absolute Gasteiger partial charge is 0.493 e. The van der Waals surface area contributed by atoms with Crippen LogP contribution >= 0.6 is 0 Å². The lowest BCUT2D eigenvalue weighted by atomic mass is 10.0. The van der Waals surface area contributed by atoms with Gasteiger partial charge >= 0.3 is 0 Å². The van der Waals surface area contributed by atoms with Crippen LogP contribution in [0.15, 0.2) is 36.4 Å². The summed E-state index contributed by atoms with van der Waals surface area (Å²) in [5.41, 5.74) is 2.21. The van der Waals surface area contributed by atoms with Gasteiger partial charge in [0, 0.05) is 29.3 Å². The number of fused-ring (bicyclic) bond motifs is 1. The fourth-order valence-corrected chi connectivity index (χ4v) is 2.56. The fourth-order valence-electron chi connectivity index (χ4n) is 2.56. The molecule has 0 saturated heterocycles. The first-order valence-electron chi connectivity index (χ1n) is 7.07. The van der Waals surface area contributed by atoms with Gasteiger partial charge in [-0.15, -0.1) is 0 Å². The zero-order valence-corrected chi connectivity index (χ0v) is 13.0. The van der Waals surface area contributed by atoms with E-state index in [2.05, 4.69) is 5.32 Å². The van der Waals surface area contributed by atoms with Crippen molar-refractivity contribution in [2.45, 2.75) is 0 Å². The zero-order chi connectivity index (χ0) is 17.3.